The zero-order valence-corrected chi connectivity index (χ0v) is 18.2. The van der Waals surface area contributed by atoms with Crippen molar-refractivity contribution in [2.75, 3.05) is 5.32 Å². The minimum Gasteiger partial charge on any atom is -0.424 e. The number of aryl methyl sites for hydroxylation is 1. The van der Waals surface area contributed by atoms with Crippen molar-refractivity contribution >= 4 is 23.1 Å². The molecule has 2 N–H and O–H groups in total. The molecule has 2 aromatic carbocycles. The molecule has 0 spiro atoms. The molecule has 4 aromatic rings. The van der Waals surface area contributed by atoms with Crippen molar-refractivity contribution in [1.82, 2.24) is 20.2 Å². The fourth-order valence-corrected chi connectivity index (χ4v) is 3.68. The molecule has 0 fully saturated rings. The highest BCUT2D eigenvalue weighted by Crippen LogP contribution is 2.26. The standard InChI is InChI=1S/C24H21ClN6O/c1-15-8-20(31-30-15)10-17-4-7-22-18(9-17)11-23(29-22)26-12-16-2-5-21(6-3-16)32-24-27-13-19(25)14-28-24/h2-9,13-14H,10-12H2,1H3,(H,26,29)(H,30,31). The first-order chi connectivity index (χ1) is 15.6. The molecule has 2 aromatic heterocycles. The van der Waals surface area contributed by atoms with Crippen LogP contribution in [-0.2, 0) is 19.4 Å². The van der Waals surface area contributed by atoms with E-state index in [1.54, 1.807) is 0 Å². The average molecular weight is 445 g/mol. The van der Waals surface area contributed by atoms with E-state index in [0.29, 0.717) is 17.3 Å². The highest BCUT2D eigenvalue weighted by molar-refractivity contribution is 6.30. The number of anilines is 1. The Labute approximate surface area is 190 Å². The Bertz CT molecular complexity index is 1260. The zero-order chi connectivity index (χ0) is 21.9. The second-order valence-electron chi connectivity index (χ2n) is 7.71. The Morgan fingerprint density at radius 2 is 1.81 bits per heavy atom. The third kappa shape index (κ3) is 4.78. The van der Waals surface area contributed by atoms with Gasteiger partial charge in [-0.1, -0.05) is 35.9 Å². The third-order valence-electron chi connectivity index (χ3n) is 5.13. The van der Waals surface area contributed by atoms with Crippen LogP contribution in [0.3, 0.4) is 0 Å². The number of aromatic amines is 1. The molecule has 0 bridgehead atoms. The monoisotopic (exact) mass is 444 g/mol. The molecule has 3 heterocycles. The summed E-state index contributed by atoms with van der Waals surface area (Å²) in [6, 6.07) is 16.6. The van der Waals surface area contributed by atoms with Crippen LogP contribution in [0.1, 0.15) is 28.1 Å². The van der Waals surface area contributed by atoms with E-state index in [4.69, 9.17) is 21.3 Å². The number of hydrogen-bond donors (Lipinski definition) is 2. The minimum absolute atomic E-state index is 0.261. The Hall–Kier alpha value is -3.71. The van der Waals surface area contributed by atoms with Gasteiger partial charge in [0, 0.05) is 24.2 Å². The summed E-state index contributed by atoms with van der Waals surface area (Å²) in [6.45, 7) is 2.61. The van der Waals surface area contributed by atoms with Crippen LogP contribution >= 0.6 is 11.6 Å². The molecule has 0 amide bonds. The lowest BCUT2D eigenvalue weighted by molar-refractivity contribution is 0.441. The summed E-state index contributed by atoms with van der Waals surface area (Å²) in [5.74, 6) is 1.64. The predicted molar refractivity (Wildman–Crippen MR) is 125 cm³/mol. The maximum absolute atomic E-state index is 5.79. The van der Waals surface area contributed by atoms with Gasteiger partial charge in [0.15, 0.2) is 0 Å². The predicted octanol–water partition coefficient (Wildman–Crippen LogP) is 5.11. The van der Waals surface area contributed by atoms with E-state index in [1.165, 1.54) is 23.5 Å². The molecule has 1 aliphatic heterocycles. The van der Waals surface area contributed by atoms with Crippen molar-refractivity contribution in [1.29, 1.82) is 0 Å². The van der Waals surface area contributed by atoms with Crippen molar-refractivity contribution in [3.05, 3.63) is 94.0 Å². The van der Waals surface area contributed by atoms with Gasteiger partial charge in [0.1, 0.15) is 11.6 Å². The number of aliphatic imine (C=N–C) groups is 1. The maximum Gasteiger partial charge on any atom is 0.321 e. The summed E-state index contributed by atoms with van der Waals surface area (Å²) < 4.78 is 5.63. The molecule has 8 heteroatoms. The van der Waals surface area contributed by atoms with Crippen molar-refractivity contribution < 1.29 is 4.74 Å². The molecule has 0 saturated heterocycles. The van der Waals surface area contributed by atoms with Crippen LogP contribution < -0.4 is 10.1 Å². The van der Waals surface area contributed by atoms with Gasteiger partial charge >= 0.3 is 6.01 Å². The number of benzene rings is 2. The summed E-state index contributed by atoms with van der Waals surface area (Å²) in [5, 5.41) is 11.2. The second-order valence-corrected chi connectivity index (χ2v) is 8.14. The highest BCUT2D eigenvalue weighted by Gasteiger charge is 2.16. The summed E-state index contributed by atoms with van der Waals surface area (Å²) in [7, 11) is 0. The van der Waals surface area contributed by atoms with Crippen LogP contribution in [0, 0.1) is 6.92 Å². The number of rotatable bonds is 6. The number of nitrogens with one attached hydrogen (secondary N) is 2. The number of H-pyrrole nitrogens is 1. The lowest BCUT2D eigenvalue weighted by Gasteiger charge is -2.05. The highest BCUT2D eigenvalue weighted by atomic mass is 35.5. The minimum atomic E-state index is 0.261. The van der Waals surface area contributed by atoms with Gasteiger partial charge in [-0.25, -0.2) is 9.97 Å². The Balaban J connectivity index is 1.19. The van der Waals surface area contributed by atoms with Crippen LogP contribution in [0.15, 0.2) is 65.9 Å². The first-order valence-corrected chi connectivity index (χ1v) is 10.7. The lowest BCUT2D eigenvalue weighted by atomic mass is 10.0. The van der Waals surface area contributed by atoms with Crippen LogP contribution in [0.25, 0.3) is 0 Å². The van der Waals surface area contributed by atoms with Crippen LogP contribution in [-0.4, -0.2) is 26.0 Å². The van der Waals surface area contributed by atoms with Gasteiger partial charge in [-0.15, -0.1) is 0 Å². The Morgan fingerprint density at radius 1 is 1.03 bits per heavy atom. The van der Waals surface area contributed by atoms with E-state index in [0.717, 1.165) is 41.3 Å². The van der Waals surface area contributed by atoms with Crippen molar-refractivity contribution in [3.63, 3.8) is 0 Å². The molecule has 32 heavy (non-hydrogen) atoms. The van der Waals surface area contributed by atoms with Crippen molar-refractivity contribution in [2.24, 2.45) is 4.99 Å². The largest absolute Gasteiger partial charge is 0.424 e. The smallest absolute Gasteiger partial charge is 0.321 e. The normalized spacial score (nSPS) is 13.8. The number of fused-ring (bicyclic) bond motifs is 1. The van der Waals surface area contributed by atoms with E-state index in [-0.39, 0.29) is 6.01 Å². The number of nitrogens with zero attached hydrogens (tertiary/aromatic N) is 4. The Morgan fingerprint density at radius 3 is 2.56 bits per heavy atom. The lowest BCUT2D eigenvalue weighted by Crippen LogP contribution is -2.06. The summed E-state index contributed by atoms with van der Waals surface area (Å²) in [5.41, 5.74) is 6.86. The van der Waals surface area contributed by atoms with Gasteiger partial charge in [-0.05, 0) is 47.9 Å². The van der Waals surface area contributed by atoms with Gasteiger partial charge in [0.05, 0.1) is 29.7 Å². The van der Waals surface area contributed by atoms with Gasteiger partial charge in [-0.3, -0.25) is 10.1 Å². The quantitative estimate of drug-likeness (QED) is 0.431. The van der Waals surface area contributed by atoms with Gasteiger partial charge < -0.3 is 10.1 Å². The van der Waals surface area contributed by atoms with Crippen molar-refractivity contribution in [3.8, 4) is 11.8 Å². The SMILES string of the molecule is Cc1cc(Cc2ccc3c(c2)CC(=NCc2ccc(Oc4ncc(Cl)cn4)cc2)N3)n[nH]1. The van der Waals surface area contributed by atoms with E-state index < -0.39 is 0 Å². The molecule has 1 aliphatic rings. The Kier molecular flexibility index (Phi) is 5.56. The second kappa shape index (κ2) is 8.80. The van der Waals surface area contributed by atoms with E-state index >= 15 is 0 Å². The molecule has 160 valence electrons. The van der Waals surface area contributed by atoms with E-state index in [2.05, 4.69) is 49.7 Å². The van der Waals surface area contributed by atoms with E-state index in [1.807, 2.05) is 31.2 Å². The first kappa shape index (κ1) is 20.2. The molecule has 0 saturated carbocycles. The topological polar surface area (TPSA) is 88.1 Å². The number of hydrogen-bond acceptors (Lipinski definition) is 5. The molecule has 0 atom stereocenters. The molecule has 7 nitrogen and oxygen atoms in total. The first-order valence-electron chi connectivity index (χ1n) is 10.3. The molecule has 0 unspecified atom stereocenters. The third-order valence-corrected chi connectivity index (χ3v) is 5.33. The van der Waals surface area contributed by atoms with Gasteiger partial charge in [-0.2, -0.15) is 5.10 Å². The molecule has 0 aliphatic carbocycles. The molecular formula is C24H21ClN6O. The summed E-state index contributed by atoms with van der Waals surface area (Å²) in [4.78, 5) is 12.8. The van der Waals surface area contributed by atoms with Crippen LogP contribution in [0.4, 0.5) is 5.69 Å². The van der Waals surface area contributed by atoms with Crippen LogP contribution in [0.5, 0.6) is 11.8 Å². The average Bonchev–Trinajstić information content (AvgIpc) is 3.40. The fraction of sp³-hybridized carbons (Fsp3) is 0.167. The number of halogens is 1. The molecular weight excluding hydrogens is 424 g/mol. The fourth-order valence-electron chi connectivity index (χ4n) is 3.58. The molecule has 5 rings (SSSR count). The summed E-state index contributed by atoms with van der Waals surface area (Å²) >= 11 is 5.79. The summed E-state index contributed by atoms with van der Waals surface area (Å²) in [6.07, 6.45) is 4.63. The van der Waals surface area contributed by atoms with E-state index in [9.17, 15) is 0 Å². The number of aromatic nitrogens is 4. The molecule has 0 radical (unpaired) electrons. The van der Waals surface area contributed by atoms with Gasteiger partial charge in [0.2, 0.25) is 0 Å². The van der Waals surface area contributed by atoms with Crippen LogP contribution in [0.2, 0.25) is 5.02 Å². The maximum atomic E-state index is 5.79. The zero-order valence-electron chi connectivity index (χ0n) is 17.5. The van der Waals surface area contributed by atoms with Gasteiger partial charge in [0.25, 0.3) is 0 Å². The van der Waals surface area contributed by atoms with Crippen molar-refractivity contribution in [2.45, 2.75) is 26.3 Å². The number of ether oxygens (including phenoxy) is 1. The number of amidine groups is 1.